The van der Waals surface area contributed by atoms with Crippen LogP contribution in [0.15, 0.2) is 52.1 Å². The van der Waals surface area contributed by atoms with Crippen molar-refractivity contribution in [1.82, 2.24) is 0 Å². The number of anilines is 1. The topological polar surface area (TPSA) is 85.9 Å². The zero-order chi connectivity index (χ0) is 18.5. The Kier molecular flexibility index (Phi) is 5.78. The van der Waals surface area contributed by atoms with Crippen molar-refractivity contribution in [1.29, 1.82) is 0 Å². The summed E-state index contributed by atoms with van der Waals surface area (Å²) in [6.45, 7) is 0.224. The van der Waals surface area contributed by atoms with Gasteiger partial charge in [0.25, 0.3) is 0 Å². The summed E-state index contributed by atoms with van der Waals surface area (Å²) in [4.78, 5) is 17.2. The van der Waals surface area contributed by atoms with Crippen LogP contribution in [0.2, 0.25) is 0 Å². The van der Waals surface area contributed by atoms with Gasteiger partial charge in [-0.15, -0.1) is 0 Å². The van der Waals surface area contributed by atoms with Crippen LogP contribution >= 0.6 is 15.9 Å². The van der Waals surface area contributed by atoms with E-state index in [1.165, 1.54) is 0 Å². The highest BCUT2D eigenvalue weighted by Gasteiger charge is 2.29. The van der Waals surface area contributed by atoms with Gasteiger partial charge in [-0.3, -0.25) is 4.79 Å². The highest BCUT2D eigenvalue weighted by molar-refractivity contribution is 9.10. The van der Waals surface area contributed by atoms with Gasteiger partial charge in [-0.1, -0.05) is 33.2 Å². The van der Waals surface area contributed by atoms with Crippen molar-refractivity contribution in [3.05, 3.63) is 58.1 Å². The first-order valence-corrected chi connectivity index (χ1v) is 9.05. The van der Waals surface area contributed by atoms with Gasteiger partial charge in [0.1, 0.15) is 12.4 Å². The number of methoxy groups -OCH3 is 1. The minimum atomic E-state index is 0.0515. The quantitative estimate of drug-likeness (QED) is 0.409. The fourth-order valence-corrected chi connectivity index (χ4v) is 2.84. The lowest BCUT2D eigenvalue weighted by atomic mass is 10.2. The Morgan fingerprint density at radius 2 is 2.12 bits per heavy atom. The molecule has 0 heterocycles. The first kappa shape index (κ1) is 18.3. The lowest BCUT2D eigenvalue weighted by Crippen LogP contribution is -2.16. The second kappa shape index (κ2) is 8.23. The first-order valence-electron chi connectivity index (χ1n) is 8.26. The molecule has 136 valence electrons. The molecule has 1 saturated carbocycles. The van der Waals surface area contributed by atoms with E-state index < -0.39 is 0 Å². The van der Waals surface area contributed by atoms with Gasteiger partial charge in [0, 0.05) is 27.2 Å². The van der Waals surface area contributed by atoms with Crippen LogP contribution in [0.3, 0.4) is 0 Å². The number of nitrogens with two attached hydrogens (primary N) is 1. The van der Waals surface area contributed by atoms with E-state index in [2.05, 4.69) is 26.4 Å². The van der Waals surface area contributed by atoms with Crippen molar-refractivity contribution in [3.63, 3.8) is 0 Å². The fraction of sp³-hybridized carbons (Fsp3) is 0.263. The monoisotopic (exact) mass is 417 g/mol. The zero-order valence-electron chi connectivity index (χ0n) is 14.4. The number of amides is 1. The van der Waals surface area contributed by atoms with Crippen LogP contribution in [0.25, 0.3) is 0 Å². The van der Waals surface area contributed by atoms with Crippen LogP contribution in [0.5, 0.6) is 5.75 Å². The number of hydrogen-bond donors (Lipinski definition) is 2. The third kappa shape index (κ3) is 4.76. The SMILES string of the molecule is COc1ccc(Br)cc1CO/N=C(/N)c1cccc(NC(=O)C2CC2)c1. The van der Waals surface area contributed by atoms with Gasteiger partial charge in [-0.25, -0.2) is 0 Å². The Balaban J connectivity index is 1.64. The number of oxime groups is 1. The predicted molar refractivity (Wildman–Crippen MR) is 104 cm³/mol. The molecule has 0 atom stereocenters. The summed E-state index contributed by atoms with van der Waals surface area (Å²) in [5.74, 6) is 1.15. The molecule has 26 heavy (non-hydrogen) atoms. The van der Waals surface area contributed by atoms with Gasteiger partial charge < -0.3 is 20.6 Å². The van der Waals surface area contributed by atoms with Crippen molar-refractivity contribution in [2.24, 2.45) is 16.8 Å². The normalized spacial score (nSPS) is 14.0. The van der Waals surface area contributed by atoms with E-state index in [-0.39, 0.29) is 24.3 Å². The maximum atomic E-state index is 11.9. The van der Waals surface area contributed by atoms with Gasteiger partial charge >= 0.3 is 0 Å². The van der Waals surface area contributed by atoms with E-state index in [1.54, 1.807) is 13.2 Å². The third-order valence-electron chi connectivity index (χ3n) is 4.00. The van der Waals surface area contributed by atoms with Crippen LogP contribution in [0.1, 0.15) is 24.0 Å². The largest absolute Gasteiger partial charge is 0.496 e. The molecule has 7 heteroatoms. The van der Waals surface area contributed by atoms with Gasteiger partial charge in [0.15, 0.2) is 5.84 Å². The number of ether oxygens (including phenoxy) is 1. The number of rotatable bonds is 7. The Hall–Kier alpha value is -2.54. The summed E-state index contributed by atoms with van der Waals surface area (Å²) in [5.41, 5.74) is 8.23. The number of nitrogens with zero attached hydrogens (tertiary/aromatic N) is 1. The second-order valence-corrected chi connectivity index (χ2v) is 6.97. The second-order valence-electron chi connectivity index (χ2n) is 6.05. The molecule has 3 rings (SSSR count). The maximum absolute atomic E-state index is 11.9. The van der Waals surface area contributed by atoms with E-state index in [1.807, 2.05) is 36.4 Å². The molecule has 1 fully saturated rings. The Morgan fingerprint density at radius 3 is 2.85 bits per heavy atom. The average Bonchev–Trinajstić information content (AvgIpc) is 3.47. The van der Waals surface area contributed by atoms with Crippen LogP contribution in [-0.4, -0.2) is 18.9 Å². The van der Waals surface area contributed by atoms with E-state index in [4.69, 9.17) is 15.3 Å². The van der Waals surface area contributed by atoms with Crippen molar-refractivity contribution in [2.45, 2.75) is 19.4 Å². The first-order chi connectivity index (χ1) is 12.6. The molecule has 0 saturated heterocycles. The fourth-order valence-electron chi connectivity index (χ4n) is 2.43. The molecular weight excluding hydrogens is 398 g/mol. The Morgan fingerprint density at radius 1 is 1.31 bits per heavy atom. The van der Waals surface area contributed by atoms with E-state index in [9.17, 15) is 4.79 Å². The van der Waals surface area contributed by atoms with Crippen LogP contribution in [0, 0.1) is 5.92 Å². The summed E-state index contributed by atoms with van der Waals surface area (Å²) in [6.07, 6.45) is 1.92. The Labute approximate surface area is 160 Å². The number of benzene rings is 2. The standard InChI is InChI=1S/C19H20BrN3O3/c1-25-17-8-7-15(20)9-14(17)11-26-23-18(21)13-3-2-4-16(10-13)22-19(24)12-5-6-12/h2-4,7-10,12H,5-6,11H2,1H3,(H2,21,23)(H,22,24). The summed E-state index contributed by atoms with van der Waals surface area (Å²) < 4.78 is 6.22. The predicted octanol–water partition coefficient (Wildman–Crippen LogP) is 3.64. The number of amidine groups is 1. The molecule has 6 nitrogen and oxygen atoms in total. The van der Waals surface area contributed by atoms with Gasteiger partial charge in [-0.05, 0) is 43.2 Å². The van der Waals surface area contributed by atoms with E-state index >= 15 is 0 Å². The molecule has 2 aromatic rings. The Bertz CT molecular complexity index is 835. The van der Waals surface area contributed by atoms with E-state index in [0.717, 1.165) is 22.9 Å². The number of hydrogen-bond acceptors (Lipinski definition) is 4. The summed E-state index contributed by atoms with van der Waals surface area (Å²) >= 11 is 3.42. The minimum absolute atomic E-state index is 0.0515. The molecule has 0 unspecified atom stereocenters. The van der Waals surface area contributed by atoms with Crippen molar-refractivity contribution in [2.75, 3.05) is 12.4 Å². The molecule has 0 bridgehead atoms. The number of halogens is 1. The van der Waals surface area contributed by atoms with Crippen LogP contribution in [0.4, 0.5) is 5.69 Å². The lowest BCUT2D eigenvalue weighted by Gasteiger charge is -2.09. The number of carbonyl (C=O) groups excluding carboxylic acids is 1. The molecule has 3 N–H and O–H groups in total. The zero-order valence-corrected chi connectivity index (χ0v) is 16.0. The molecule has 2 aromatic carbocycles. The third-order valence-corrected chi connectivity index (χ3v) is 4.49. The molecule has 0 aromatic heterocycles. The van der Waals surface area contributed by atoms with Gasteiger partial charge in [0.2, 0.25) is 5.91 Å². The highest BCUT2D eigenvalue weighted by Crippen LogP contribution is 2.30. The average molecular weight is 418 g/mol. The van der Waals surface area contributed by atoms with Crippen molar-refractivity contribution in [3.8, 4) is 5.75 Å². The van der Waals surface area contributed by atoms with E-state index in [0.29, 0.717) is 17.0 Å². The summed E-state index contributed by atoms with van der Waals surface area (Å²) in [7, 11) is 1.60. The molecule has 0 radical (unpaired) electrons. The number of nitrogens with one attached hydrogen (secondary N) is 1. The highest BCUT2D eigenvalue weighted by atomic mass is 79.9. The molecule has 1 aliphatic carbocycles. The number of carbonyl (C=O) groups is 1. The summed E-state index contributed by atoms with van der Waals surface area (Å²) in [5, 5.41) is 6.86. The molecule has 1 aliphatic rings. The van der Waals surface area contributed by atoms with Gasteiger partial charge in [0.05, 0.1) is 7.11 Å². The van der Waals surface area contributed by atoms with Gasteiger partial charge in [-0.2, -0.15) is 0 Å². The smallest absolute Gasteiger partial charge is 0.227 e. The van der Waals surface area contributed by atoms with Crippen LogP contribution < -0.4 is 15.8 Å². The lowest BCUT2D eigenvalue weighted by molar-refractivity contribution is -0.117. The molecule has 1 amide bonds. The maximum Gasteiger partial charge on any atom is 0.227 e. The molecular formula is C19H20BrN3O3. The molecule has 0 spiro atoms. The van der Waals surface area contributed by atoms with Crippen molar-refractivity contribution < 1.29 is 14.4 Å². The summed E-state index contributed by atoms with van der Waals surface area (Å²) in [6, 6.07) is 12.9. The molecule has 0 aliphatic heterocycles. The van der Waals surface area contributed by atoms with Crippen LogP contribution in [-0.2, 0) is 16.2 Å². The van der Waals surface area contributed by atoms with Crippen molar-refractivity contribution >= 4 is 33.4 Å². The minimum Gasteiger partial charge on any atom is -0.496 e.